The third-order valence-corrected chi connectivity index (χ3v) is 4.35. The highest BCUT2D eigenvalue weighted by molar-refractivity contribution is 7.80. The maximum absolute atomic E-state index is 13.6. The molecule has 0 aromatic heterocycles. The van der Waals surface area contributed by atoms with Gasteiger partial charge in [0.2, 0.25) is 5.91 Å². The van der Waals surface area contributed by atoms with E-state index in [1.807, 2.05) is 4.90 Å². The molecule has 1 heterocycles. The van der Waals surface area contributed by atoms with Crippen LogP contribution >= 0.6 is 12.2 Å². The minimum Gasteiger partial charge on any atom is -0.389 e. The van der Waals surface area contributed by atoms with Gasteiger partial charge in [-0.1, -0.05) is 25.6 Å². The van der Waals surface area contributed by atoms with Crippen molar-refractivity contribution in [1.82, 2.24) is 4.90 Å². The zero-order chi connectivity index (χ0) is 15.4. The first-order valence-electron chi connectivity index (χ1n) is 7.36. The summed E-state index contributed by atoms with van der Waals surface area (Å²) in [4.78, 5) is 14.1. The maximum Gasteiger partial charge on any atom is 0.222 e. The van der Waals surface area contributed by atoms with Crippen molar-refractivity contribution in [2.24, 2.45) is 11.7 Å². The number of thiocarbonyl (C=S) groups is 1. The quantitative estimate of drug-likeness (QED) is 0.870. The molecule has 114 valence electrons. The Labute approximate surface area is 130 Å². The molecule has 0 bridgehead atoms. The molecule has 5 heteroatoms. The summed E-state index contributed by atoms with van der Waals surface area (Å²) in [6.45, 7) is 3.31. The first-order valence-corrected chi connectivity index (χ1v) is 7.77. The number of carbonyl (C=O) groups excluding carboxylic acids is 1. The summed E-state index contributed by atoms with van der Waals surface area (Å²) < 4.78 is 13.6. The van der Waals surface area contributed by atoms with E-state index >= 15 is 0 Å². The van der Waals surface area contributed by atoms with Crippen LogP contribution in [-0.2, 0) is 11.3 Å². The first-order chi connectivity index (χ1) is 9.99. The van der Waals surface area contributed by atoms with Gasteiger partial charge in [0.1, 0.15) is 10.8 Å². The van der Waals surface area contributed by atoms with E-state index in [0.29, 0.717) is 24.4 Å². The third-order valence-electron chi connectivity index (χ3n) is 4.12. The summed E-state index contributed by atoms with van der Waals surface area (Å²) in [7, 11) is 0. The maximum atomic E-state index is 13.6. The van der Waals surface area contributed by atoms with Gasteiger partial charge in [0, 0.05) is 25.1 Å². The Morgan fingerprint density at radius 1 is 1.43 bits per heavy atom. The first kappa shape index (κ1) is 15.9. The van der Waals surface area contributed by atoms with Crippen molar-refractivity contribution in [2.45, 2.75) is 39.2 Å². The average molecular weight is 308 g/mol. The van der Waals surface area contributed by atoms with Crippen molar-refractivity contribution in [3.05, 3.63) is 35.1 Å². The second-order valence-electron chi connectivity index (χ2n) is 5.63. The van der Waals surface area contributed by atoms with Crippen LogP contribution in [0, 0.1) is 11.7 Å². The van der Waals surface area contributed by atoms with E-state index in [-0.39, 0.29) is 16.7 Å². The van der Waals surface area contributed by atoms with E-state index < -0.39 is 0 Å². The molecule has 0 aliphatic carbocycles. The summed E-state index contributed by atoms with van der Waals surface area (Å²) >= 11 is 4.89. The number of hydrogen-bond acceptors (Lipinski definition) is 2. The van der Waals surface area contributed by atoms with Crippen LogP contribution in [0.2, 0.25) is 0 Å². The van der Waals surface area contributed by atoms with E-state index in [1.54, 1.807) is 6.07 Å². The highest BCUT2D eigenvalue weighted by Gasteiger charge is 2.21. The molecule has 1 aliphatic rings. The Balaban J connectivity index is 2.13. The Kier molecular flexibility index (Phi) is 5.28. The average Bonchev–Trinajstić information content (AvgIpc) is 2.61. The topological polar surface area (TPSA) is 46.3 Å². The molecule has 3 nitrogen and oxygen atoms in total. The summed E-state index contributed by atoms with van der Waals surface area (Å²) in [5.74, 6) is 0.384. The van der Waals surface area contributed by atoms with Gasteiger partial charge in [0.25, 0.3) is 0 Å². The zero-order valence-electron chi connectivity index (χ0n) is 12.3. The molecule has 2 rings (SSSR count). The number of likely N-dealkylation sites (tertiary alicyclic amines) is 1. The van der Waals surface area contributed by atoms with E-state index in [9.17, 15) is 9.18 Å². The van der Waals surface area contributed by atoms with Crippen LogP contribution in [0.3, 0.4) is 0 Å². The van der Waals surface area contributed by atoms with Crippen LogP contribution in [0.5, 0.6) is 0 Å². The number of nitrogens with zero attached hydrogens (tertiary/aromatic N) is 1. The molecule has 21 heavy (non-hydrogen) atoms. The fraction of sp³-hybridized carbons (Fsp3) is 0.500. The summed E-state index contributed by atoms with van der Waals surface area (Å²) in [5, 5.41) is 0. The Hall–Kier alpha value is -1.49. The van der Waals surface area contributed by atoms with Gasteiger partial charge in [0.05, 0.1) is 0 Å². The van der Waals surface area contributed by atoms with Crippen LogP contribution in [0.4, 0.5) is 4.39 Å². The van der Waals surface area contributed by atoms with Crippen molar-refractivity contribution in [1.29, 1.82) is 0 Å². The molecule has 1 saturated heterocycles. The van der Waals surface area contributed by atoms with Crippen molar-refractivity contribution in [2.75, 3.05) is 6.54 Å². The van der Waals surface area contributed by atoms with Gasteiger partial charge in [-0.05, 0) is 42.5 Å². The van der Waals surface area contributed by atoms with Crippen LogP contribution < -0.4 is 5.73 Å². The number of hydrogen-bond donors (Lipinski definition) is 1. The summed E-state index contributed by atoms with van der Waals surface area (Å²) in [6.07, 6.45) is 3.65. The Bertz CT molecular complexity index is 547. The number of carbonyl (C=O) groups is 1. The fourth-order valence-electron chi connectivity index (χ4n) is 2.77. The number of rotatable bonds is 4. The van der Waals surface area contributed by atoms with E-state index in [2.05, 4.69) is 6.92 Å². The van der Waals surface area contributed by atoms with Gasteiger partial charge >= 0.3 is 0 Å². The lowest BCUT2D eigenvalue weighted by atomic mass is 9.98. The smallest absolute Gasteiger partial charge is 0.222 e. The lowest BCUT2D eigenvalue weighted by Gasteiger charge is -2.21. The van der Waals surface area contributed by atoms with Crippen LogP contribution in [0.1, 0.15) is 43.7 Å². The third kappa shape index (κ3) is 4.24. The second kappa shape index (κ2) is 6.98. The number of amides is 1. The highest BCUT2D eigenvalue weighted by atomic mass is 32.1. The zero-order valence-corrected chi connectivity index (χ0v) is 13.1. The second-order valence-corrected chi connectivity index (χ2v) is 6.07. The van der Waals surface area contributed by atoms with Crippen molar-refractivity contribution >= 4 is 23.1 Å². The SMILES string of the molecule is CCC1CCC(=O)N(Cc2cc(F)cc(C(N)=S)c2)CC1. The number of benzene rings is 1. The number of nitrogens with two attached hydrogens (primary N) is 1. The van der Waals surface area contributed by atoms with Gasteiger partial charge in [-0.3, -0.25) is 4.79 Å². The van der Waals surface area contributed by atoms with Gasteiger partial charge in [-0.15, -0.1) is 0 Å². The minimum atomic E-state index is -0.371. The molecule has 0 radical (unpaired) electrons. The van der Waals surface area contributed by atoms with Crippen molar-refractivity contribution < 1.29 is 9.18 Å². The Morgan fingerprint density at radius 2 is 2.19 bits per heavy atom. The molecule has 1 unspecified atom stereocenters. The van der Waals surface area contributed by atoms with Gasteiger partial charge in [-0.2, -0.15) is 0 Å². The molecule has 0 spiro atoms. The monoisotopic (exact) mass is 308 g/mol. The van der Waals surface area contributed by atoms with E-state index in [4.69, 9.17) is 18.0 Å². The lowest BCUT2D eigenvalue weighted by Crippen LogP contribution is -2.30. The summed E-state index contributed by atoms with van der Waals surface area (Å²) in [6, 6.07) is 4.53. The molecule has 1 fully saturated rings. The molecule has 1 amide bonds. The van der Waals surface area contributed by atoms with E-state index in [1.165, 1.54) is 12.1 Å². The van der Waals surface area contributed by atoms with Gasteiger partial charge < -0.3 is 10.6 Å². The van der Waals surface area contributed by atoms with Crippen LogP contribution in [-0.4, -0.2) is 22.3 Å². The predicted octanol–water partition coefficient (Wildman–Crippen LogP) is 3.00. The Morgan fingerprint density at radius 3 is 2.86 bits per heavy atom. The lowest BCUT2D eigenvalue weighted by molar-refractivity contribution is -0.131. The highest BCUT2D eigenvalue weighted by Crippen LogP contribution is 2.22. The predicted molar refractivity (Wildman–Crippen MR) is 85.3 cm³/mol. The molecule has 1 atom stereocenters. The fourth-order valence-corrected chi connectivity index (χ4v) is 2.89. The van der Waals surface area contributed by atoms with Crippen molar-refractivity contribution in [3.63, 3.8) is 0 Å². The standard InChI is InChI=1S/C16H21FN2OS/c1-2-11-3-4-15(20)19(6-5-11)10-12-7-13(16(18)21)9-14(17)8-12/h7-9,11H,2-6,10H2,1H3,(H2,18,21). The summed E-state index contributed by atoms with van der Waals surface area (Å²) in [5.41, 5.74) is 6.80. The molecule has 0 saturated carbocycles. The number of halogens is 1. The van der Waals surface area contributed by atoms with Crippen molar-refractivity contribution in [3.8, 4) is 0 Å². The molecule has 1 aromatic carbocycles. The molecule has 1 aromatic rings. The molecule has 1 aliphatic heterocycles. The normalized spacial score (nSPS) is 19.4. The minimum absolute atomic E-state index is 0.145. The van der Waals surface area contributed by atoms with Crippen LogP contribution in [0.15, 0.2) is 18.2 Å². The van der Waals surface area contributed by atoms with E-state index in [0.717, 1.165) is 31.4 Å². The van der Waals surface area contributed by atoms with Gasteiger partial charge in [-0.25, -0.2) is 4.39 Å². The van der Waals surface area contributed by atoms with Crippen LogP contribution in [0.25, 0.3) is 0 Å². The largest absolute Gasteiger partial charge is 0.389 e. The molecule has 2 N–H and O–H groups in total. The molecular formula is C16H21FN2OS. The van der Waals surface area contributed by atoms with Gasteiger partial charge in [0.15, 0.2) is 0 Å². The molecular weight excluding hydrogens is 287 g/mol.